The third-order valence-electron chi connectivity index (χ3n) is 8.08. The number of imidazole rings is 1. The smallest absolute Gasteiger partial charge is 0.522 e. The van der Waals surface area contributed by atoms with E-state index in [9.17, 15) is 0 Å². The maximum Gasteiger partial charge on any atom is 3.00 e. The fourth-order valence-electron chi connectivity index (χ4n) is 5.93. The number of rotatable bonds is 4. The Morgan fingerprint density at radius 2 is 1.49 bits per heavy atom. The van der Waals surface area contributed by atoms with Crippen LogP contribution in [0.2, 0.25) is 0 Å². The summed E-state index contributed by atoms with van der Waals surface area (Å²) in [5.74, 6) is 2.48. The van der Waals surface area contributed by atoms with Gasteiger partial charge in [0, 0.05) is 11.9 Å². The number of fused-ring (bicyclic) bond motifs is 4. The molecule has 45 heavy (non-hydrogen) atoms. The molecule has 0 N–H and O–H groups in total. The Bertz CT molecular complexity index is 2040. The number of aromatic nitrogens is 3. The SMILES string of the molecule is CC(C)c1cccc(C(C)C)c1-n1[c-][n+]2c3c(cccc31)Oc1c-2[c-]cc2ccccc12.[Ir+3].[c-]1ccccc1-c1ccccn1. The van der Waals surface area contributed by atoms with Crippen LogP contribution in [0.4, 0.5) is 0 Å². The first-order valence-corrected chi connectivity index (χ1v) is 15.1. The fraction of sp³-hybridized carbons (Fsp3) is 0.150. The zero-order chi connectivity index (χ0) is 30.2. The summed E-state index contributed by atoms with van der Waals surface area (Å²) in [7, 11) is 0. The number of pyridine rings is 1. The quantitative estimate of drug-likeness (QED) is 0.132. The minimum absolute atomic E-state index is 0. The van der Waals surface area contributed by atoms with Crippen molar-refractivity contribution in [3.8, 4) is 34.1 Å². The maximum absolute atomic E-state index is 6.48. The summed E-state index contributed by atoms with van der Waals surface area (Å²) in [6, 6.07) is 43.5. The van der Waals surface area contributed by atoms with E-state index in [4.69, 9.17) is 4.74 Å². The molecular weight excluding hydrogens is 731 g/mol. The molecule has 1 aliphatic rings. The number of ether oxygens (including phenoxy) is 1. The maximum atomic E-state index is 6.48. The van der Waals surface area contributed by atoms with Crippen LogP contribution in [0, 0.1) is 18.5 Å². The second kappa shape index (κ2) is 12.8. The molecule has 0 aliphatic carbocycles. The van der Waals surface area contributed by atoms with Crippen LogP contribution in [0.15, 0.2) is 115 Å². The van der Waals surface area contributed by atoms with Gasteiger partial charge in [0.15, 0.2) is 0 Å². The van der Waals surface area contributed by atoms with E-state index in [1.54, 1.807) is 6.20 Å². The number of hydrogen-bond acceptors (Lipinski definition) is 2. The van der Waals surface area contributed by atoms with E-state index in [1.807, 2.05) is 60.7 Å². The second-order valence-corrected chi connectivity index (χ2v) is 11.6. The normalized spacial score (nSPS) is 11.5. The molecule has 0 atom stereocenters. The Hall–Kier alpha value is -4.57. The van der Waals surface area contributed by atoms with Crippen LogP contribution in [0.25, 0.3) is 44.4 Å². The Morgan fingerprint density at radius 1 is 0.756 bits per heavy atom. The molecule has 5 heteroatoms. The van der Waals surface area contributed by atoms with Gasteiger partial charge in [0.25, 0.3) is 6.33 Å². The molecular formula is C40H33IrN3O+. The van der Waals surface area contributed by atoms with Crippen LogP contribution < -0.4 is 9.30 Å². The third-order valence-corrected chi connectivity index (χ3v) is 8.08. The molecule has 0 saturated heterocycles. The molecule has 0 bridgehead atoms. The summed E-state index contributed by atoms with van der Waals surface area (Å²) in [5.41, 5.74) is 8.90. The van der Waals surface area contributed by atoms with Crippen molar-refractivity contribution in [1.29, 1.82) is 0 Å². The van der Waals surface area contributed by atoms with Crippen molar-refractivity contribution in [1.82, 2.24) is 9.55 Å². The molecule has 7 aromatic rings. The largest absolute Gasteiger partial charge is 3.00 e. The first kappa shape index (κ1) is 30.5. The Balaban J connectivity index is 0.000000231. The summed E-state index contributed by atoms with van der Waals surface area (Å²) in [6.07, 6.45) is 5.47. The van der Waals surface area contributed by atoms with Gasteiger partial charge in [-0.25, -0.2) is 0 Å². The predicted octanol–water partition coefficient (Wildman–Crippen LogP) is 9.56. The van der Waals surface area contributed by atoms with Gasteiger partial charge in [0.2, 0.25) is 0 Å². The summed E-state index contributed by atoms with van der Waals surface area (Å²) < 4.78 is 10.8. The Morgan fingerprint density at radius 3 is 2.20 bits per heavy atom. The Kier molecular flexibility index (Phi) is 8.67. The van der Waals surface area contributed by atoms with Crippen LogP contribution in [-0.4, -0.2) is 9.55 Å². The summed E-state index contributed by atoms with van der Waals surface area (Å²) in [5, 5.41) is 2.21. The van der Waals surface area contributed by atoms with Gasteiger partial charge in [0.05, 0.1) is 11.2 Å². The van der Waals surface area contributed by atoms with Crippen LogP contribution in [-0.2, 0) is 20.1 Å². The molecule has 3 heterocycles. The van der Waals surface area contributed by atoms with Gasteiger partial charge in [-0.05, 0) is 46.5 Å². The predicted molar refractivity (Wildman–Crippen MR) is 177 cm³/mol. The van der Waals surface area contributed by atoms with Crippen LogP contribution in [0.3, 0.4) is 0 Å². The molecule has 222 valence electrons. The zero-order valence-electron chi connectivity index (χ0n) is 25.7. The van der Waals surface area contributed by atoms with Gasteiger partial charge in [-0.2, -0.15) is 12.1 Å². The van der Waals surface area contributed by atoms with Gasteiger partial charge in [-0.1, -0.05) is 93.7 Å². The van der Waals surface area contributed by atoms with Crippen LogP contribution in [0.1, 0.15) is 50.7 Å². The molecule has 5 aromatic carbocycles. The molecule has 0 amide bonds. The van der Waals surface area contributed by atoms with Gasteiger partial charge < -0.3 is 14.3 Å². The van der Waals surface area contributed by atoms with E-state index in [0.29, 0.717) is 11.8 Å². The zero-order valence-corrected chi connectivity index (χ0v) is 28.1. The van der Waals surface area contributed by atoms with E-state index in [0.717, 1.165) is 50.2 Å². The van der Waals surface area contributed by atoms with E-state index in [2.05, 4.69) is 109 Å². The first-order valence-electron chi connectivity index (χ1n) is 15.1. The van der Waals surface area contributed by atoms with Crippen molar-refractivity contribution in [2.24, 2.45) is 0 Å². The topological polar surface area (TPSA) is 30.9 Å². The van der Waals surface area contributed by atoms with Crippen molar-refractivity contribution in [3.63, 3.8) is 0 Å². The molecule has 2 aromatic heterocycles. The van der Waals surface area contributed by atoms with E-state index in [-0.39, 0.29) is 20.1 Å². The number of benzene rings is 5. The number of nitrogens with zero attached hydrogens (tertiary/aromatic N) is 3. The van der Waals surface area contributed by atoms with E-state index in [1.165, 1.54) is 16.8 Å². The average Bonchev–Trinajstić information content (AvgIpc) is 3.46. The molecule has 0 unspecified atom stereocenters. The summed E-state index contributed by atoms with van der Waals surface area (Å²) >= 11 is 0. The first-order chi connectivity index (χ1) is 21.5. The monoisotopic (exact) mass is 764 g/mol. The van der Waals surface area contributed by atoms with E-state index < -0.39 is 0 Å². The molecule has 0 spiro atoms. The molecule has 0 fully saturated rings. The second-order valence-electron chi connectivity index (χ2n) is 11.6. The van der Waals surface area contributed by atoms with Crippen LogP contribution >= 0.6 is 0 Å². The van der Waals surface area contributed by atoms with Crippen molar-refractivity contribution in [3.05, 3.63) is 145 Å². The minimum Gasteiger partial charge on any atom is -0.522 e. The average molecular weight is 764 g/mol. The van der Waals surface area contributed by atoms with Crippen molar-refractivity contribution in [2.45, 2.75) is 39.5 Å². The van der Waals surface area contributed by atoms with Gasteiger partial charge in [-0.15, -0.1) is 47.3 Å². The third kappa shape index (κ3) is 5.59. The van der Waals surface area contributed by atoms with Crippen molar-refractivity contribution >= 4 is 21.8 Å². The van der Waals surface area contributed by atoms with E-state index >= 15 is 0 Å². The summed E-state index contributed by atoms with van der Waals surface area (Å²) in [4.78, 5) is 4.22. The van der Waals surface area contributed by atoms with Gasteiger partial charge in [-0.3, -0.25) is 4.57 Å². The van der Waals surface area contributed by atoms with Crippen molar-refractivity contribution in [2.75, 3.05) is 0 Å². The minimum atomic E-state index is 0. The van der Waals surface area contributed by atoms with Crippen molar-refractivity contribution < 1.29 is 29.4 Å². The summed E-state index contributed by atoms with van der Waals surface area (Å²) in [6.45, 7) is 9.02. The number of hydrogen-bond donors (Lipinski definition) is 0. The molecule has 0 saturated carbocycles. The Labute approximate surface area is 278 Å². The van der Waals surface area contributed by atoms with Gasteiger partial charge >= 0.3 is 20.1 Å². The fourth-order valence-corrected chi connectivity index (χ4v) is 5.93. The molecule has 0 radical (unpaired) electrons. The number of para-hydroxylation sites is 2. The standard InChI is InChI=1S/C29H25N2O.C11H8N.Ir/c1-18(2)21-11-7-12-22(19(3)4)27(21)30-17-31-25-16-15-20-9-5-6-10-23(20)29(25)32-26-14-8-13-24(30)28(26)31;1-2-6-10(7-3-1)11-8-4-5-9-12-11;/h5-15,18-19H,1-4H3;1-6,8-9H;/q2*-1;+3. The van der Waals surface area contributed by atoms with Gasteiger partial charge in [0.1, 0.15) is 11.3 Å². The molecule has 4 nitrogen and oxygen atoms in total. The molecule has 1 aliphatic heterocycles. The van der Waals surface area contributed by atoms with Crippen LogP contribution in [0.5, 0.6) is 11.5 Å². The molecule has 8 rings (SSSR count).